The van der Waals surface area contributed by atoms with Crippen LogP contribution in [-0.2, 0) is 9.59 Å². The van der Waals surface area contributed by atoms with E-state index in [0.717, 1.165) is 11.1 Å². The molecule has 0 radical (unpaired) electrons. The van der Waals surface area contributed by atoms with E-state index in [0.29, 0.717) is 18.5 Å². The number of hydrogen-bond acceptors (Lipinski definition) is 4. The van der Waals surface area contributed by atoms with Gasteiger partial charge in [-0.3, -0.25) is 14.4 Å². The maximum Gasteiger partial charge on any atom is 0.305 e. The number of thiophene rings is 1. The van der Waals surface area contributed by atoms with Gasteiger partial charge in [0.2, 0.25) is 5.91 Å². The fraction of sp³-hybridized carbons (Fsp3) is 0.316. The molecule has 2 rings (SSSR count). The Labute approximate surface area is 156 Å². The third kappa shape index (κ3) is 6.00. The van der Waals surface area contributed by atoms with Crippen LogP contribution >= 0.6 is 11.3 Å². The first kappa shape index (κ1) is 19.7. The molecule has 6 nitrogen and oxygen atoms in total. The number of hydrogen-bond donors (Lipinski definition) is 3. The summed E-state index contributed by atoms with van der Waals surface area (Å²) in [4.78, 5) is 35.1. The van der Waals surface area contributed by atoms with Crippen LogP contribution in [0.25, 0.3) is 0 Å². The van der Waals surface area contributed by atoms with Gasteiger partial charge in [-0.05, 0) is 35.9 Å². The van der Waals surface area contributed by atoms with Crippen molar-refractivity contribution in [2.24, 2.45) is 0 Å². The number of aliphatic carboxylic acids is 1. The van der Waals surface area contributed by atoms with Crippen molar-refractivity contribution < 1.29 is 19.5 Å². The Morgan fingerprint density at radius 1 is 1.19 bits per heavy atom. The molecular weight excluding hydrogens is 352 g/mol. The second kappa shape index (κ2) is 9.72. The number of nitrogens with one attached hydrogen (secondary N) is 2. The van der Waals surface area contributed by atoms with Gasteiger partial charge in [0.1, 0.15) is 0 Å². The van der Waals surface area contributed by atoms with Gasteiger partial charge in [0, 0.05) is 23.9 Å². The van der Waals surface area contributed by atoms with E-state index in [1.807, 2.05) is 36.6 Å². The molecule has 26 heavy (non-hydrogen) atoms. The molecule has 0 bridgehead atoms. The summed E-state index contributed by atoms with van der Waals surface area (Å²) in [6.07, 6.45) is 0.521. The topological polar surface area (TPSA) is 95.5 Å². The molecule has 0 saturated carbocycles. The zero-order chi connectivity index (χ0) is 18.9. The van der Waals surface area contributed by atoms with Crippen molar-refractivity contribution in [2.45, 2.75) is 32.2 Å². The van der Waals surface area contributed by atoms with Gasteiger partial charge < -0.3 is 15.7 Å². The first-order valence-corrected chi connectivity index (χ1v) is 9.28. The minimum absolute atomic E-state index is 0.157. The summed E-state index contributed by atoms with van der Waals surface area (Å²) < 4.78 is 0. The molecule has 0 fully saturated rings. The van der Waals surface area contributed by atoms with Crippen molar-refractivity contribution in [2.75, 3.05) is 6.54 Å². The molecule has 1 unspecified atom stereocenters. The number of rotatable bonds is 9. The number of carbonyl (C=O) groups is 3. The fourth-order valence-electron chi connectivity index (χ4n) is 2.60. The third-order valence-electron chi connectivity index (χ3n) is 3.93. The molecule has 3 N–H and O–H groups in total. The zero-order valence-electron chi connectivity index (χ0n) is 14.5. The van der Waals surface area contributed by atoms with Crippen LogP contribution in [-0.4, -0.2) is 29.4 Å². The predicted octanol–water partition coefficient (Wildman–Crippen LogP) is 2.90. The van der Waals surface area contributed by atoms with Crippen LogP contribution in [0.2, 0.25) is 0 Å². The monoisotopic (exact) mass is 374 g/mol. The van der Waals surface area contributed by atoms with Crippen molar-refractivity contribution in [1.29, 1.82) is 0 Å². The van der Waals surface area contributed by atoms with Crippen LogP contribution in [0.4, 0.5) is 0 Å². The van der Waals surface area contributed by atoms with Gasteiger partial charge in [0.25, 0.3) is 5.91 Å². The Balaban J connectivity index is 1.82. The molecule has 138 valence electrons. The summed E-state index contributed by atoms with van der Waals surface area (Å²) in [7, 11) is 0. The highest BCUT2D eigenvalue weighted by Gasteiger charge is 2.19. The lowest BCUT2D eigenvalue weighted by atomic mass is 9.98. The minimum Gasteiger partial charge on any atom is -0.481 e. The maximum atomic E-state index is 12.2. The number of carboxylic acid groups (broad SMARTS) is 1. The molecule has 0 aliphatic heterocycles. The number of aryl methyl sites for hydroxylation is 1. The minimum atomic E-state index is -0.971. The van der Waals surface area contributed by atoms with Gasteiger partial charge in [-0.15, -0.1) is 0 Å². The first-order valence-electron chi connectivity index (χ1n) is 8.34. The Morgan fingerprint density at radius 3 is 2.62 bits per heavy atom. The van der Waals surface area contributed by atoms with Crippen LogP contribution in [0, 0.1) is 6.92 Å². The molecule has 1 aromatic carbocycles. The fourth-order valence-corrected chi connectivity index (χ4v) is 3.24. The van der Waals surface area contributed by atoms with Crippen LogP contribution in [0.3, 0.4) is 0 Å². The van der Waals surface area contributed by atoms with Crippen LogP contribution < -0.4 is 10.6 Å². The highest BCUT2D eigenvalue weighted by Crippen LogP contribution is 2.20. The van der Waals surface area contributed by atoms with E-state index in [9.17, 15) is 14.4 Å². The van der Waals surface area contributed by atoms with Crippen molar-refractivity contribution in [3.63, 3.8) is 0 Å². The number of carbonyl (C=O) groups excluding carboxylic acids is 2. The van der Waals surface area contributed by atoms with E-state index in [1.165, 1.54) is 11.3 Å². The molecule has 1 aromatic heterocycles. The van der Waals surface area contributed by atoms with Gasteiger partial charge >= 0.3 is 5.97 Å². The van der Waals surface area contributed by atoms with Crippen LogP contribution in [0.15, 0.2) is 41.1 Å². The number of benzene rings is 1. The summed E-state index contributed by atoms with van der Waals surface area (Å²) in [5.41, 5.74) is 2.34. The van der Waals surface area contributed by atoms with E-state index in [-0.39, 0.29) is 24.7 Å². The second-order valence-electron chi connectivity index (χ2n) is 5.95. The zero-order valence-corrected chi connectivity index (χ0v) is 15.3. The van der Waals surface area contributed by atoms with Gasteiger partial charge in [0.15, 0.2) is 0 Å². The smallest absolute Gasteiger partial charge is 0.305 e. The number of amides is 2. The summed E-state index contributed by atoms with van der Waals surface area (Å²) in [6, 6.07) is 8.57. The summed E-state index contributed by atoms with van der Waals surface area (Å²) in [5.74, 6) is -1.36. The summed E-state index contributed by atoms with van der Waals surface area (Å²) in [6.45, 7) is 2.27. The molecule has 0 aliphatic carbocycles. The van der Waals surface area contributed by atoms with Crippen molar-refractivity contribution in [1.82, 2.24) is 10.6 Å². The molecule has 0 aliphatic rings. The molecule has 2 amide bonds. The number of carboxylic acids is 1. The molecule has 0 saturated heterocycles. The third-order valence-corrected chi connectivity index (χ3v) is 4.61. The average molecular weight is 374 g/mol. The highest BCUT2D eigenvalue weighted by molar-refractivity contribution is 7.08. The Bertz CT molecular complexity index is 759. The van der Waals surface area contributed by atoms with Crippen LogP contribution in [0.1, 0.15) is 46.8 Å². The van der Waals surface area contributed by atoms with Crippen molar-refractivity contribution in [3.05, 3.63) is 57.8 Å². The van der Waals surface area contributed by atoms with Gasteiger partial charge in [-0.1, -0.05) is 24.3 Å². The first-order chi connectivity index (χ1) is 12.5. The summed E-state index contributed by atoms with van der Waals surface area (Å²) in [5, 5.41) is 18.3. The maximum absolute atomic E-state index is 12.2. The van der Waals surface area contributed by atoms with Gasteiger partial charge in [-0.2, -0.15) is 11.3 Å². The molecule has 1 heterocycles. The Morgan fingerprint density at radius 2 is 1.96 bits per heavy atom. The molecule has 0 spiro atoms. The highest BCUT2D eigenvalue weighted by atomic mass is 32.1. The Hall–Kier alpha value is -2.67. The van der Waals surface area contributed by atoms with E-state index in [4.69, 9.17) is 5.11 Å². The van der Waals surface area contributed by atoms with Gasteiger partial charge in [0.05, 0.1) is 12.5 Å². The standard InChI is InChI=1S/C19H22N2O4S/c1-13-5-2-3-6-15(13)16(11-18(23)24)21-17(22)7-4-9-20-19(25)14-8-10-26-12-14/h2-3,5-6,8,10,12,16H,4,7,9,11H2,1H3,(H,20,25)(H,21,22)(H,23,24). The SMILES string of the molecule is Cc1ccccc1C(CC(=O)O)NC(=O)CCCNC(=O)c1ccsc1. The average Bonchev–Trinajstić information content (AvgIpc) is 3.13. The van der Waals surface area contributed by atoms with E-state index in [1.54, 1.807) is 11.4 Å². The lowest BCUT2D eigenvalue weighted by Crippen LogP contribution is -2.31. The van der Waals surface area contributed by atoms with E-state index in [2.05, 4.69) is 10.6 Å². The molecule has 7 heteroatoms. The summed E-state index contributed by atoms with van der Waals surface area (Å²) >= 11 is 1.45. The second-order valence-corrected chi connectivity index (χ2v) is 6.73. The molecule has 1 atom stereocenters. The predicted molar refractivity (Wildman–Crippen MR) is 100 cm³/mol. The lowest BCUT2D eigenvalue weighted by molar-refractivity contribution is -0.137. The van der Waals surface area contributed by atoms with Crippen LogP contribution in [0.5, 0.6) is 0 Å². The van der Waals surface area contributed by atoms with E-state index >= 15 is 0 Å². The Kier molecular flexibility index (Phi) is 7.35. The largest absolute Gasteiger partial charge is 0.481 e. The lowest BCUT2D eigenvalue weighted by Gasteiger charge is -2.19. The molecule has 2 aromatic rings. The van der Waals surface area contributed by atoms with Crippen molar-refractivity contribution in [3.8, 4) is 0 Å². The van der Waals surface area contributed by atoms with E-state index < -0.39 is 12.0 Å². The molecular formula is C19H22N2O4S. The van der Waals surface area contributed by atoms with Crippen molar-refractivity contribution >= 4 is 29.1 Å². The normalized spacial score (nSPS) is 11.6. The quantitative estimate of drug-likeness (QED) is 0.588. The van der Waals surface area contributed by atoms with Gasteiger partial charge in [-0.25, -0.2) is 0 Å².